The summed E-state index contributed by atoms with van der Waals surface area (Å²) in [6.07, 6.45) is 8.89. The number of nitrogens with one attached hydrogen (secondary N) is 2. The number of aromatic nitrogens is 1. The minimum atomic E-state index is -0.636. The van der Waals surface area contributed by atoms with Crippen molar-refractivity contribution in [3.63, 3.8) is 0 Å². The van der Waals surface area contributed by atoms with Gasteiger partial charge >= 0.3 is 6.03 Å². The summed E-state index contributed by atoms with van der Waals surface area (Å²) in [6, 6.07) is 14.3. The number of hydrogen-bond donors (Lipinski definition) is 2. The van der Waals surface area contributed by atoms with E-state index in [1.165, 1.54) is 0 Å². The normalized spacial score (nSPS) is 14.7. The van der Waals surface area contributed by atoms with Gasteiger partial charge in [-0.05, 0) is 31.2 Å². The van der Waals surface area contributed by atoms with Crippen LogP contribution < -0.4 is 10.6 Å². The van der Waals surface area contributed by atoms with Crippen LogP contribution in [0, 0.1) is 19.3 Å². The van der Waals surface area contributed by atoms with Gasteiger partial charge in [0.15, 0.2) is 0 Å². The van der Waals surface area contributed by atoms with Gasteiger partial charge in [-0.3, -0.25) is 9.59 Å². The van der Waals surface area contributed by atoms with Crippen LogP contribution in [0.25, 0.3) is 17.0 Å². The van der Waals surface area contributed by atoms with Crippen LogP contribution in [-0.2, 0) is 16.1 Å². The van der Waals surface area contributed by atoms with Gasteiger partial charge in [0, 0.05) is 28.4 Å². The molecule has 1 aliphatic rings. The number of terminal acetylenes is 1. The van der Waals surface area contributed by atoms with Gasteiger partial charge in [-0.15, -0.1) is 6.42 Å². The van der Waals surface area contributed by atoms with Gasteiger partial charge in [0.1, 0.15) is 12.2 Å². The highest BCUT2D eigenvalue weighted by atomic mass is 16.2. The molecule has 1 aromatic heterocycles. The van der Waals surface area contributed by atoms with Crippen molar-refractivity contribution in [2.45, 2.75) is 13.5 Å². The Morgan fingerprint density at radius 1 is 1.16 bits per heavy atom. The third-order valence-electron chi connectivity index (χ3n) is 4.98. The molecule has 2 aromatic carbocycles. The van der Waals surface area contributed by atoms with E-state index in [1.54, 1.807) is 18.2 Å². The number of nitrogens with zero attached hydrogens (tertiary/aromatic N) is 2. The van der Waals surface area contributed by atoms with Crippen LogP contribution in [-0.4, -0.2) is 33.9 Å². The predicted molar refractivity (Wildman–Crippen MR) is 119 cm³/mol. The molecular formula is C24H20N4O3. The van der Waals surface area contributed by atoms with E-state index >= 15 is 0 Å². The number of para-hydroxylation sites is 1. The monoisotopic (exact) mass is 412 g/mol. The molecule has 0 bridgehead atoms. The number of aryl methyl sites for hydroxylation is 1. The van der Waals surface area contributed by atoms with Gasteiger partial charge in [-0.1, -0.05) is 41.8 Å². The minimum absolute atomic E-state index is 0.108. The molecule has 7 nitrogen and oxygen atoms in total. The zero-order valence-corrected chi connectivity index (χ0v) is 16.9. The first-order valence-electron chi connectivity index (χ1n) is 9.68. The third-order valence-corrected chi connectivity index (χ3v) is 4.98. The number of benzene rings is 2. The van der Waals surface area contributed by atoms with E-state index in [1.807, 2.05) is 54.1 Å². The van der Waals surface area contributed by atoms with Crippen molar-refractivity contribution in [2.75, 3.05) is 11.9 Å². The molecule has 1 saturated heterocycles. The maximum Gasteiger partial charge on any atom is 0.329 e. The molecule has 0 aliphatic carbocycles. The largest absolute Gasteiger partial charge is 0.335 e. The van der Waals surface area contributed by atoms with Crippen molar-refractivity contribution in [3.05, 3.63) is 71.6 Å². The lowest BCUT2D eigenvalue weighted by molar-refractivity contribution is -0.127. The van der Waals surface area contributed by atoms with Crippen LogP contribution in [0.3, 0.4) is 0 Å². The fourth-order valence-corrected chi connectivity index (χ4v) is 3.47. The maximum absolute atomic E-state index is 12.8. The van der Waals surface area contributed by atoms with Gasteiger partial charge in [-0.2, -0.15) is 0 Å². The van der Waals surface area contributed by atoms with Gasteiger partial charge in [0.2, 0.25) is 5.91 Å². The van der Waals surface area contributed by atoms with E-state index in [4.69, 9.17) is 6.42 Å². The van der Waals surface area contributed by atoms with E-state index in [2.05, 4.69) is 16.6 Å². The number of imide groups is 1. The molecule has 3 aromatic rings. The second-order valence-corrected chi connectivity index (χ2v) is 7.23. The molecule has 0 unspecified atom stereocenters. The van der Waals surface area contributed by atoms with Gasteiger partial charge in [-0.25, -0.2) is 9.69 Å². The Labute approximate surface area is 179 Å². The zero-order valence-electron chi connectivity index (χ0n) is 16.9. The molecule has 0 radical (unpaired) electrons. The summed E-state index contributed by atoms with van der Waals surface area (Å²) < 4.78 is 1.90. The average molecular weight is 412 g/mol. The SMILES string of the molecule is C#CCn1cc(C=C2NC(=O)N(CC(=O)Nc3ccc(C)cc3)C2=O)c2ccccc21. The first kappa shape index (κ1) is 20.0. The van der Waals surface area contributed by atoms with Crippen LogP contribution in [0.1, 0.15) is 11.1 Å². The molecule has 0 spiro atoms. The third kappa shape index (κ3) is 4.05. The minimum Gasteiger partial charge on any atom is -0.335 e. The Morgan fingerprint density at radius 3 is 2.65 bits per heavy atom. The Kier molecular flexibility index (Phi) is 5.29. The van der Waals surface area contributed by atoms with Crippen LogP contribution >= 0.6 is 0 Å². The molecule has 4 amide bonds. The lowest BCUT2D eigenvalue weighted by Crippen LogP contribution is -2.38. The molecule has 4 rings (SSSR count). The number of rotatable bonds is 5. The summed E-state index contributed by atoms with van der Waals surface area (Å²) in [5, 5.41) is 6.15. The average Bonchev–Trinajstić information content (AvgIpc) is 3.22. The van der Waals surface area contributed by atoms with Crippen molar-refractivity contribution >= 4 is 40.5 Å². The van der Waals surface area contributed by atoms with Crippen molar-refractivity contribution < 1.29 is 14.4 Å². The van der Waals surface area contributed by atoms with Crippen LogP contribution in [0.5, 0.6) is 0 Å². The van der Waals surface area contributed by atoms with Crippen molar-refractivity contribution in [3.8, 4) is 12.3 Å². The Morgan fingerprint density at radius 2 is 1.90 bits per heavy atom. The topological polar surface area (TPSA) is 83.4 Å². The molecule has 31 heavy (non-hydrogen) atoms. The van der Waals surface area contributed by atoms with Gasteiger partial charge in [0.25, 0.3) is 5.91 Å². The summed E-state index contributed by atoms with van der Waals surface area (Å²) in [6.45, 7) is 1.95. The molecule has 7 heteroatoms. The van der Waals surface area contributed by atoms with Crippen molar-refractivity contribution in [2.24, 2.45) is 0 Å². The second-order valence-electron chi connectivity index (χ2n) is 7.23. The van der Waals surface area contributed by atoms with E-state index in [-0.39, 0.29) is 12.2 Å². The van der Waals surface area contributed by atoms with Crippen molar-refractivity contribution in [1.29, 1.82) is 0 Å². The molecule has 0 atom stereocenters. The molecular weight excluding hydrogens is 392 g/mol. The van der Waals surface area contributed by atoms with Crippen LogP contribution in [0.2, 0.25) is 0 Å². The zero-order chi connectivity index (χ0) is 22.0. The Balaban J connectivity index is 1.54. The van der Waals surface area contributed by atoms with E-state index in [0.29, 0.717) is 12.2 Å². The number of carbonyl (C=O) groups is 3. The molecule has 1 fully saturated rings. The van der Waals surface area contributed by atoms with E-state index in [0.717, 1.165) is 26.9 Å². The molecule has 2 N–H and O–H groups in total. The quantitative estimate of drug-likeness (QED) is 0.384. The molecule has 1 aliphatic heterocycles. The lowest BCUT2D eigenvalue weighted by atomic mass is 10.1. The summed E-state index contributed by atoms with van der Waals surface area (Å²) in [5.74, 6) is 1.59. The van der Waals surface area contributed by atoms with Crippen LogP contribution in [0.4, 0.5) is 10.5 Å². The lowest BCUT2D eigenvalue weighted by Gasteiger charge is -2.12. The first-order valence-corrected chi connectivity index (χ1v) is 9.68. The highest BCUT2D eigenvalue weighted by Crippen LogP contribution is 2.24. The summed E-state index contributed by atoms with van der Waals surface area (Å²) in [5.41, 5.74) is 3.45. The summed E-state index contributed by atoms with van der Waals surface area (Å²) >= 11 is 0. The second kappa shape index (κ2) is 8.20. The van der Waals surface area contributed by atoms with E-state index in [9.17, 15) is 14.4 Å². The Bertz CT molecular complexity index is 1260. The predicted octanol–water partition coefficient (Wildman–Crippen LogP) is 3.11. The van der Waals surface area contributed by atoms with Crippen LogP contribution in [0.15, 0.2) is 60.4 Å². The highest BCUT2D eigenvalue weighted by molar-refractivity contribution is 6.16. The summed E-state index contributed by atoms with van der Waals surface area (Å²) in [7, 11) is 0. The highest BCUT2D eigenvalue weighted by Gasteiger charge is 2.35. The molecule has 154 valence electrons. The number of hydrogen-bond acceptors (Lipinski definition) is 3. The first-order chi connectivity index (χ1) is 15.0. The summed E-state index contributed by atoms with van der Waals surface area (Å²) in [4.78, 5) is 38.3. The maximum atomic E-state index is 12.8. The van der Waals surface area contributed by atoms with E-state index < -0.39 is 17.8 Å². The standard InChI is InChI=1S/C24H20N4O3/c1-3-12-27-14-17(19-6-4-5-7-21(19)27)13-20-23(30)28(24(31)26-20)15-22(29)25-18-10-8-16(2)9-11-18/h1,4-11,13-14H,12,15H2,2H3,(H,25,29)(H,26,31). The number of carbonyl (C=O) groups excluding carboxylic acids is 3. The fourth-order valence-electron chi connectivity index (χ4n) is 3.47. The smallest absolute Gasteiger partial charge is 0.329 e. The number of urea groups is 1. The number of anilines is 1. The van der Waals surface area contributed by atoms with Gasteiger partial charge in [0.05, 0.1) is 6.54 Å². The van der Waals surface area contributed by atoms with Gasteiger partial charge < -0.3 is 15.2 Å². The number of fused-ring (bicyclic) bond motifs is 1. The molecule has 2 heterocycles. The number of amides is 4. The fraction of sp³-hybridized carbons (Fsp3) is 0.125. The van der Waals surface area contributed by atoms with Crippen molar-refractivity contribution in [1.82, 2.24) is 14.8 Å². The molecule has 0 saturated carbocycles. The Hall–Kier alpha value is -4.31.